The van der Waals surface area contributed by atoms with E-state index in [2.05, 4.69) is 0 Å². The van der Waals surface area contributed by atoms with Crippen molar-refractivity contribution in [1.29, 1.82) is 0 Å². The molecule has 0 saturated heterocycles. The van der Waals surface area contributed by atoms with Crippen LogP contribution in [-0.4, -0.2) is 45.0 Å². The Morgan fingerprint density at radius 2 is 1.35 bits per heavy atom. The number of anilines is 2. The van der Waals surface area contributed by atoms with Gasteiger partial charge in [0.15, 0.2) is 0 Å². The Hall–Kier alpha value is -2.55. The average Bonchev–Trinajstić information content (AvgIpc) is 2.91. The summed E-state index contributed by atoms with van der Waals surface area (Å²) in [5.74, 6) is 0. The summed E-state index contributed by atoms with van der Waals surface area (Å²) >= 11 is 0. The van der Waals surface area contributed by atoms with E-state index in [1.54, 1.807) is 11.0 Å². The lowest BCUT2D eigenvalue weighted by Gasteiger charge is -2.31. The summed E-state index contributed by atoms with van der Waals surface area (Å²) in [6.45, 7) is 5.60. The van der Waals surface area contributed by atoms with Gasteiger partial charge in [0.1, 0.15) is 4.90 Å². The van der Waals surface area contributed by atoms with Crippen LogP contribution < -0.4 is 4.90 Å². The van der Waals surface area contributed by atoms with Gasteiger partial charge in [-0.1, -0.05) is 26.0 Å². The number of fused-ring (bicyclic) bond motifs is 3. The lowest BCUT2D eigenvalue weighted by atomic mass is 9.79. The minimum atomic E-state index is -4.84. The van der Waals surface area contributed by atoms with E-state index in [0.717, 1.165) is 12.1 Å². The van der Waals surface area contributed by atoms with Gasteiger partial charge in [0, 0.05) is 28.2 Å². The molecule has 1 heterocycles. The molecule has 10 nitrogen and oxygen atoms in total. The molecule has 0 spiro atoms. The lowest BCUT2D eigenvalue weighted by molar-refractivity contribution is 0.464. The maximum absolute atomic E-state index is 12.3. The van der Waals surface area contributed by atoms with E-state index < -0.39 is 45.6 Å². The molecule has 1 unspecified atom stereocenters. The van der Waals surface area contributed by atoms with Crippen molar-refractivity contribution in [2.24, 2.45) is 0 Å². The molecule has 0 amide bonds. The number of benzene rings is 3. The average molecular weight is 528 g/mol. The van der Waals surface area contributed by atoms with Crippen molar-refractivity contribution < 1.29 is 38.9 Å². The fourth-order valence-corrected chi connectivity index (χ4v) is 6.23. The van der Waals surface area contributed by atoms with Crippen LogP contribution >= 0.6 is 0 Å². The molecule has 0 aliphatic carbocycles. The van der Waals surface area contributed by atoms with Crippen molar-refractivity contribution in [3.05, 3.63) is 54.1 Å². The van der Waals surface area contributed by atoms with Crippen molar-refractivity contribution in [3.63, 3.8) is 0 Å². The van der Waals surface area contributed by atoms with E-state index in [1.165, 1.54) is 30.3 Å². The molecule has 0 saturated carbocycles. The van der Waals surface area contributed by atoms with E-state index >= 15 is 0 Å². The van der Waals surface area contributed by atoms with Gasteiger partial charge in [-0.15, -0.1) is 0 Å². The summed E-state index contributed by atoms with van der Waals surface area (Å²) in [5.41, 5.74) is 0.662. The molecule has 1 aliphatic rings. The maximum atomic E-state index is 12.3. The van der Waals surface area contributed by atoms with Crippen LogP contribution in [0, 0.1) is 0 Å². The fourth-order valence-electron chi connectivity index (χ4n) is 4.50. The topological polar surface area (TPSA) is 166 Å². The molecule has 182 valence electrons. The Morgan fingerprint density at radius 3 is 1.91 bits per heavy atom. The van der Waals surface area contributed by atoms with Gasteiger partial charge in [0.05, 0.1) is 9.79 Å². The van der Waals surface area contributed by atoms with Gasteiger partial charge in [-0.3, -0.25) is 13.7 Å². The molecule has 1 atom stereocenters. The maximum Gasteiger partial charge on any atom is 0.295 e. The third kappa shape index (κ3) is 3.87. The summed E-state index contributed by atoms with van der Waals surface area (Å²) in [7, 11) is -14.0. The highest BCUT2D eigenvalue weighted by atomic mass is 32.2. The van der Waals surface area contributed by atoms with Crippen LogP contribution in [0.3, 0.4) is 0 Å². The molecule has 34 heavy (non-hydrogen) atoms. The van der Waals surface area contributed by atoms with Crippen LogP contribution in [0.1, 0.15) is 26.3 Å². The first-order valence-electron chi connectivity index (χ1n) is 9.87. The molecule has 3 aromatic rings. The first kappa shape index (κ1) is 24.6. The number of hydrogen-bond donors (Lipinski definition) is 3. The number of hydrogen-bond acceptors (Lipinski definition) is 7. The second-order valence-corrected chi connectivity index (χ2v) is 12.9. The first-order chi connectivity index (χ1) is 15.4. The van der Waals surface area contributed by atoms with Gasteiger partial charge in [0.2, 0.25) is 0 Å². The fraction of sp³-hybridized carbons (Fsp3) is 0.238. The highest BCUT2D eigenvalue weighted by Crippen LogP contribution is 2.53. The second kappa shape index (κ2) is 7.47. The van der Waals surface area contributed by atoms with E-state index in [1.807, 2.05) is 20.8 Å². The molecule has 0 aromatic heterocycles. The molecule has 0 bridgehead atoms. The minimum absolute atomic E-state index is 0.0924. The first-order valence-corrected chi connectivity index (χ1v) is 14.2. The molecular weight excluding hydrogens is 506 g/mol. The third-order valence-corrected chi connectivity index (χ3v) is 8.95. The Bertz CT molecular complexity index is 1680. The van der Waals surface area contributed by atoms with Crippen LogP contribution in [0.5, 0.6) is 0 Å². The highest BCUT2D eigenvalue weighted by Gasteiger charge is 2.45. The van der Waals surface area contributed by atoms with Crippen molar-refractivity contribution >= 4 is 52.5 Å². The zero-order valence-corrected chi connectivity index (χ0v) is 20.6. The highest BCUT2D eigenvalue weighted by molar-refractivity contribution is 7.86. The van der Waals surface area contributed by atoms with Crippen LogP contribution in [0.25, 0.3) is 10.8 Å². The predicted octanol–water partition coefficient (Wildman–Crippen LogP) is 3.40. The predicted molar refractivity (Wildman–Crippen MR) is 124 cm³/mol. The van der Waals surface area contributed by atoms with Gasteiger partial charge in [-0.25, -0.2) is 0 Å². The molecule has 3 aromatic carbocycles. The van der Waals surface area contributed by atoms with Crippen LogP contribution in [0.15, 0.2) is 63.2 Å². The van der Waals surface area contributed by atoms with Gasteiger partial charge in [0.25, 0.3) is 30.4 Å². The van der Waals surface area contributed by atoms with Gasteiger partial charge in [-0.05, 0) is 54.3 Å². The standard InChI is InChI=1S/C21H21NO9S3/c1-12-21(2,3)20-16-8-7-15(33(26,27)28)10-17(16)19(34(29,30)31)11-18(20)22(12)13-5-4-6-14(9-13)32(23,24)25/h4-12H,1-3H3,(H,23,24,25)(H,26,27,28)(H,29,30,31). The van der Waals surface area contributed by atoms with Gasteiger partial charge in [-0.2, -0.15) is 25.3 Å². The normalized spacial score (nSPS) is 18.3. The second-order valence-electron chi connectivity index (χ2n) is 8.67. The van der Waals surface area contributed by atoms with E-state index in [0.29, 0.717) is 22.3 Å². The Kier molecular flexibility index (Phi) is 5.40. The van der Waals surface area contributed by atoms with Crippen LogP contribution in [-0.2, 0) is 35.8 Å². The molecule has 1 aliphatic heterocycles. The molecule has 0 fully saturated rings. The number of nitrogens with zero attached hydrogens (tertiary/aromatic N) is 1. The summed E-state index contributed by atoms with van der Waals surface area (Å²) in [4.78, 5) is 0.227. The van der Waals surface area contributed by atoms with Crippen LogP contribution in [0.4, 0.5) is 11.4 Å². The smallest absolute Gasteiger partial charge is 0.295 e. The number of rotatable bonds is 4. The minimum Gasteiger partial charge on any atom is -0.337 e. The third-order valence-electron chi connectivity index (χ3n) is 6.35. The van der Waals surface area contributed by atoms with Gasteiger partial charge < -0.3 is 4.90 Å². The zero-order valence-electron chi connectivity index (χ0n) is 18.2. The lowest BCUT2D eigenvalue weighted by Crippen LogP contribution is -2.36. The van der Waals surface area contributed by atoms with E-state index in [9.17, 15) is 38.9 Å². The largest absolute Gasteiger partial charge is 0.337 e. The molecule has 0 radical (unpaired) electrons. The molecule has 3 N–H and O–H groups in total. The summed E-state index contributed by atoms with van der Waals surface area (Å²) < 4.78 is 100. The van der Waals surface area contributed by atoms with Gasteiger partial charge >= 0.3 is 0 Å². The molecule has 4 rings (SSSR count). The summed E-state index contributed by atoms with van der Waals surface area (Å²) in [5, 5.41) is 0.244. The van der Waals surface area contributed by atoms with Crippen molar-refractivity contribution in [2.75, 3.05) is 4.90 Å². The molecule has 13 heteroatoms. The Labute approximate surface area is 197 Å². The van der Waals surface area contributed by atoms with Crippen LogP contribution in [0.2, 0.25) is 0 Å². The zero-order chi connectivity index (χ0) is 25.4. The quantitative estimate of drug-likeness (QED) is 0.428. The SMILES string of the molecule is CC1N(c2cccc(S(=O)(=O)O)c2)c2cc(S(=O)(=O)O)c3cc(S(=O)(=O)O)ccc3c2C1(C)C. The summed E-state index contributed by atoms with van der Waals surface area (Å²) in [6.07, 6.45) is 0. The van der Waals surface area contributed by atoms with E-state index in [-0.39, 0.29) is 16.3 Å². The van der Waals surface area contributed by atoms with Crippen molar-refractivity contribution in [2.45, 2.75) is 46.9 Å². The van der Waals surface area contributed by atoms with Crippen molar-refractivity contribution in [3.8, 4) is 0 Å². The molecular formula is C21H21NO9S3. The monoisotopic (exact) mass is 527 g/mol. The van der Waals surface area contributed by atoms with E-state index in [4.69, 9.17) is 0 Å². The Morgan fingerprint density at radius 1 is 0.765 bits per heavy atom. The Balaban J connectivity index is 2.13. The summed E-state index contributed by atoms with van der Waals surface area (Å²) in [6, 6.07) is 9.78. The van der Waals surface area contributed by atoms with Crippen molar-refractivity contribution in [1.82, 2.24) is 0 Å².